The van der Waals surface area contributed by atoms with Gasteiger partial charge in [-0.3, -0.25) is 0 Å². The molecule has 0 saturated carbocycles. The van der Waals surface area contributed by atoms with Crippen molar-refractivity contribution in [2.24, 2.45) is 0 Å². The molecule has 346 valence electrons. The molecule has 0 N–H and O–H groups in total. The van der Waals surface area contributed by atoms with Crippen LogP contribution in [0.25, 0.3) is 140 Å². The smallest absolute Gasteiger partial charge is 0.164 e. The number of hydrogen-bond donors (Lipinski definition) is 0. The molecule has 8 nitrogen and oxygen atoms in total. The van der Waals surface area contributed by atoms with Gasteiger partial charge in [0.05, 0.1) is 11.0 Å². The maximum absolute atomic E-state index is 6.61. The van der Waals surface area contributed by atoms with Crippen molar-refractivity contribution >= 4 is 43.7 Å². The zero-order valence-electron chi connectivity index (χ0n) is 39.7. The van der Waals surface area contributed by atoms with Gasteiger partial charge in [-0.05, 0) is 89.0 Å². The summed E-state index contributed by atoms with van der Waals surface area (Å²) in [6.45, 7) is 0. The molecule has 0 unspecified atom stereocenters. The van der Waals surface area contributed by atoms with Crippen LogP contribution in [0.1, 0.15) is 0 Å². The van der Waals surface area contributed by atoms with Crippen LogP contribution in [-0.2, 0) is 0 Å². The fourth-order valence-corrected chi connectivity index (χ4v) is 10.1. The van der Waals surface area contributed by atoms with Gasteiger partial charge in [-0.15, -0.1) is 0 Å². The first-order chi connectivity index (χ1) is 36.6. The predicted octanol–water partition coefficient (Wildman–Crippen LogP) is 16.4. The van der Waals surface area contributed by atoms with E-state index in [1.54, 1.807) is 0 Å². The minimum absolute atomic E-state index is 0.601. The van der Waals surface area contributed by atoms with E-state index in [4.69, 9.17) is 34.3 Å². The molecule has 14 rings (SSSR count). The lowest BCUT2D eigenvalue weighted by Crippen LogP contribution is -2.00. The van der Waals surface area contributed by atoms with Gasteiger partial charge in [0.25, 0.3) is 0 Å². The van der Waals surface area contributed by atoms with E-state index in [1.807, 2.05) is 127 Å². The second-order valence-corrected chi connectivity index (χ2v) is 18.3. The summed E-state index contributed by atoms with van der Waals surface area (Å²) in [7, 11) is 0. The number of fused-ring (bicyclic) bond motifs is 6. The first-order valence-corrected chi connectivity index (χ1v) is 24.6. The van der Waals surface area contributed by atoms with E-state index in [2.05, 4.69) is 126 Å². The molecule has 4 heterocycles. The Bertz CT molecular complexity index is 4290. The second kappa shape index (κ2) is 17.9. The van der Waals surface area contributed by atoms with Gasteiger partial charge in [0.15, 0.2) is 34.9 Å². The first-order valence-electron chi connectivity index (χ1n) is 24.6. The normalized spacial score (nSPS) is 11.5. The monoisotopic (exact) mass is 947 g/mol. The first kappa shape index (κ1) is 42.7. The van der Waals surface area contributed by atoms with Crippen LogP contribution in [0.3, 0.4) is 0 Å². The molecule has 0 radical (unpaired) electrons. The molecule has 0 spiro atoms. The van der Waals surface area contributed by atoms with E-state index in [-0.39, 0.29) is 0 Å². The Morgan fingerprint density at radius 2 is 0.635 bits per heavy atom. The number of para-hydroxylation sites is 1. The summed E-state index contributed by atoms with van der Waals surface area (Å²) in [6.07, 6.45) is 0. The molecule has 0 aliphatic carbocycles. The average molecular weight is 948 g/mol. The summed E-state index contributed by atoms with van der Waals surface area (Å²) >= 11 is 0. The van der Waals surface area contributed by atoms with Gasteiger partial charge < -0.3 is 8.98 Å². The minimum atomic E-state index is 0.601. The van der Waals surface area contributed by atoms with Crippen LogP contribution in [-0.4, -0.2) is 34.5 Å². The van der Waals surface area contributed by atoms with E-state index in [1.165, 1.54) is 0 Å². The molecule has 74 heavy (non-hydrogen) atoms. The second-order valence-electron chi connectivity index (χ2n) is 18.3. The molecular weight excluding hydrogens is 907 g/mol. The van der Waals surface area contributed by atoms with Crippen molar-refractivity contribution in [1.82, 2.24) is 34.5 Å². The highest BCUT2D eigenvalue weighted by atomic mass is 16.3. The van der Waals surface area contributed by atoms with Crippen molar-refractivity contribution in [3.8, 4) is 96.3 Å². The molecule has 0 bridgehead atoms. The number of benzene rings is 10. The van der Waals surface area contributed by atoms with Crippen molar-refractivity contribution in [1.29, 1.82) is 0 Å². The third-order valence-electron chi connectivity index (χ3n) is 13.7. The third-order valence-corrected chi connectivity index (χ3v) is 13.7. The van der Waals surface area contributed by atoms with Gasteiger partial charge in [0.1, 0.15) is 11.2 Å². The quantitative estimate of drug-likeness (QED) is 0.142. The van der Waals surface area contributed by atoms with Crippen LogP contribution in [0.4, 0.5) is 0 Å². The fourth-order valence-electron chi connectivity index (χ4n) is 10.1. The molecule has 14 aromatic rings. The summed E-state index contributed by atoms with van der Waals surface area (Å²) < 4.78 is 8.94. The molecule has 0 aliphatic heterocycles. The van der Waals surface area contributed by atoms with E-state index in [9.17, 15) is 0 Å². The minimum Gasteiger partial charge on any atom is -0.456 e. The lowest BCUT2D eigenvalue weighted by atomic mass is 9.96. The zero-order valence-corrected chi connectivity index (χ0v) is 39.7. The highest BCUT2D eigenvalue weighted by molar-refractivity contribution is 6.15. The number of aromatic nitrogens is 7. The third kappa shape index (κ3) is 7.66. The van der Waals surface area contributed by atoms with Gasteiger partial charge in [0, 0.05) is 60.6 Å². The Balaban J connectivity index is 0.898. The standard InChI is InChI=1S/C66H41N7O/c1-6-18-42(19-7-1)61-67-62(43-20-8-2-9-21-43)70-65(69-61)49-27-16-26-48(38-49)52-30-17-31-59-60(52)55-40-47(34-37-58(55)74-59)46-32-35-56-53(39-46)54-41-50(33-36-57(54)73(56)51-28-14-5-15-29-51)66-71-63(44-22-10-3-11-23-44)68-64(72-66)45-24-12-4-13-25-45/h1-41H. The predicted molar refractivity (Wildman–Crippen MR) is 298 cm³/mol. The number of rotatable bonds is 9. The SMILES string of the molecule is c1ccc(-c2nc(-c3ccccc3)nc(-c3cccc(-c4cccc5oc6ccc(-c7ccc8c(c7)c7cc(-c9nc(-c%10ccccc%10)nc(-c%10ccccc%10)n9)ccc7n8-c7ccccc7)cc6c45)c3)n2)cc1. The Kier molecular flexibility index (Phi) is 10.3. The molecule has 10 aromatic carbocycles. The van der Waals surface area contributed by atoms with Crippen molar-refractivity contribution in [3.63, 3.8) is 0 Å². The van der Waals surface area contributed by atoms with Crippen LogP contribution in [0.5, 0.6) is 0 Å². The lowest BCUT2D eigenvalue weighted by molar-refractivity contribution is 0.669. The van der Waals surface area contributed by atoms with Gasteiger partial charge >= 0.3 is 0 Å². The van der Waals surface area contributed by atoms with Crippen LogP contribution in [0.15, 0.2) is 253 Å². The molecule has 8 heteroatoms. The highest BCUT2D eigenvalue weighted by Gasteiger charge is 2.20. The maximum atomic E-state index is 6.61. The van der Waals surface area contributed by atoms with E-state index >= 15 is 0 Å². The highest BCUT2D eigenvalue weighted by Crippen LogP contribution is 2.42. The molecule has 0 atom stereocenters. The molecule has 4 aromatic heterocycles. The van der Waals surface area contributed by atoms with Crippen molar-refractivity contribution in [2.75, 3.05) is 0 Å². The number of hydrogen-bond acceptors (Lipinski definition) is 7. The Hall–Kier alpha value is -10.2. The number of furan rings is 1. The zero-order chi connectivity index (χ0) is 49.0. The maximum Gasteiger partial charge on any atom is 0.164 e. The van der Waals surface area contributed by atoms with Gasteiger partial charge in [-0.25, -0.2) is 29.9 Å². The van der Waals surface area contributed by atoms with Crippen molar-refractivity contribution < 1.29 is 4.42 Å². The molecule has 0 amide bonds. The van der Waals surface area contributed by atoms with Crippen LogP contribution >= 0.6 is 0 Å². The molecule has 0 fully saturated rings. The average Bonchev–Trinajstić information content (AvgIpc) is 4.03. The van der Waals surface area contributed by atoms with E-state index in [0.29, 0.717) is 34.9 Å². The summed E-state index contributed by atoms with van der Waals surface area (Å²) in [5.74, 6) is 3.70. The van der Waals surface area contributed by atoms with E-state index < -0.39 is 0 Å². The molecule has 0 aliphatic rings. The molecular formula is C66H41N7O. The van der Waals surface area contributed by atoms with Gasteiger partial charge in [-0.1, -0.05) is 182 Å². The molecule has 0 saturated heterocycles. The summed E-state index contributed by atoms with van der Waals surface area (Å²) in [5, 5.41) is 4.28. The Labute approximate surface area is 425 Å². The Morgan fingerprint density at radius 1 is 0.257 bits per heavy atom. The summed E-state index contributed by atoms with van der Waals surface area (Å²) in [5.41, 5.74) is 14.6. The van der Waals surface area contributed by atoms with Crippen LogP contribution in [0.2, 0.25) is 0 Å². The fraction of sp³-hybridized carbons (Fsp3) is 0. The van der Waals surface area contributed by atoms with Crippen LogP contribution < -0.4 is 0 Å². The largest absolute Gasteiger partial charge is 0.456 e. The number of nitrogens with zero attached hydrogens (tertiary/aromatic N) is 7. The topological polar surface area (TPSA) is 95.4 Å². The summed E-state index contributed by atoms with van der Waals surface area (Å²) in [6, 6.07) is 85.4. The van der Waals surface area contributed by atoms with E-state index in [0.717, 1.165) is 105 Å². The lowest BCUT2D eigenvalue weighted by Gasteiger charge is -2.10. The van der Waals surface area contributed by atoms with Crippen LogP contribution in [0, 0.1) is 0 Å². The van der Waals surface area contributed by atoms with Gasteiger partial charge in [0.2, 0.25) is 0 Å². The van der Waals surface area contributed by atoms with Crippen molar-refractivity contribution in [2.45, 2.75) is 0 Å². The van der Waals surface area contributed by atoms with Gasteiger partial charge in [-0.2, -0.15) is 0 Å². The van der Waals surface area contributed by atoms with Crippen molar-refractivity contribution in [3.05, 3.63) is 249 Å². The summed E-state index contributed by atoms with van der Waals surface area (Å²) in [4.78, 5) is 30.2. The Morgan fingerprint density at radius 3 is 1.15 bits per heavy atom.